The van der Waals surface area contributed by atoms with Gasteiger partial charge in [0.1, 0.15) is 23.0 Å². The summed E-state index contributed by atoms with van der Waals surface area (Å²) in [4.78, 5) is 52.7. The van der Waals surface area contributed by atoms with E-state index >= 15 is 0 Å². The second-order valence-electron chi connectivity index (χ2n) is 13.0. The minimum Gasteiger partial charge on any atom is -0.457 e. The van der Waals surface area contributed by atoms with Crippen LogP contribution in [0.15, 0.2) is 97.1 Å². The molecule has 240 valence electrons. The minimum absolute atomic E-state index is 0.178. The Morgan fingerprint density at radius 2 is 0.660 bits per heavy atom. The summed E-state index contributed by atoms with van der Waals surface area (Å²) >= 11 is 0. The van der Waals surface area contributed by atoms with Crippen molar-refractivity contribution < 1.29 is 28.7 Å². The fourth-order valence-electron chi connectivity index (χ4n) is 6.04. The lowest BCUT2D eigenvalue weighted by Crippen LogP contribution is -2.30. The summed E-state index contributed by atoms with van der Waals surface area (Å²) in [6.45, 7) is 11.4. The molecule has 2 fully saturated rings. The average molecular weight is 631 g/mol. The predicted molar refractivity (Wildman–Crippen MR) is 180 cm³/mol. The van der Waals surface area contributed by atoms with Crippen LogP contribution in [0.25, 0.3) is 0 Å². The molecule has 4 aromatic rings. The zero-order valence-corrected chi connectivity index (χ0v) is 27.4. The average Bonchev–Trinajstić information content (AvgIpc) is 3.39. The Morgan fingerprint density at radius 3 is 0.915 bits per heavy atom. The van der Waals surface area contributed by atoms with Gasteiger partial charge < -0.3 is 9.47 Å². The lowest BCUT2D eigenvalue weighted by molar-refractivity contribution is -0.124. The van der Waals surface area contributed by atoms with Crippen LogP contribution in [0, 0.1) is 23.7 Å². The van der Waals surface area contributed by atoms with Crippen LogP contribution in [0.3, 0.4) is 0 Å². The molecular formula is C39H38N2O6. The highest BCUT2D eigenvalue weighted by Crippen LogP contribution is 2.37. The van der Waals surface area contributed by atoms with Gasteiger partial charge in [-0.05, 0) is 83.9 Å². The maximum absolute atomic E-state index is 12.5. The third-order valence-corrected chi connectivity index (χ3v) is 9.75. The first-order chi connectivity index (χ1) is 22.4. The van der Waals surface area contributed by atoms with E-state index in [0.717, 1.165) is 11.1 Å². The minimum atomic E-state index is -0.326. The van der Waals surface area contributed by atoms with E-state index in [1.54, 1.807) is 76.2 Å². The van der Waals surface area contributed by atoms with Crippen molar-refractivity contribution in [1.29, 1.82) is 0 Å². The van der Waals surface area contributed by atoms with Gasteiger partial charge in [-0.25, -0.2) is 0 Å². The molecular weight excluding hydrogens is 592 g/mol. The van der Waals surface area contributed by atoms with E-state index in [9.17, 15) is 19.2 Å². The quantitative estimate of drug-likeness (QED) is 0.184. The standard InChI is InChI=1S/C39H38N2O6/c1-23-24(2)36(43)40(35(23)42)29-11-19-33(20-12-29)46-31-15-7-27(8-16-31)39(5,6)28-9-17-32(18-10-28)47-34-21-13-30(14-22-34)41-37(44)25(3)26(4)38(41)45/h7-26H,1-6H3. The molecule has 0 aromatic heterocycles. The smallest absolute Gasteiger partial charge is 0.237 e. The fraction of sp³-hybridized carbons (Fsp3) is 0.282. The van der Waals surface area contributed by atoms with E-state index < -0.39 is 0 Å². The van der Waals surface area contributed by atoms with E-state index in [-0.39, 0.29) is 52.7 Å². The molecule has 6 rings (SSSR count). The first-order valence-corrected chi connectivity index (χ1v) is 15.9. The van der Waals surface area contributed by atoms with Gasteiger partial charge in [-0.3, -0.25) is 29.0 Å². The highest BCUT2D eigenvalue weighted by molar-refractivity contribution is 6.22. The Labute approximate surface area is 274 Å². The zero-order valence-electron chi connectivity index (χ0n) is 27.4. The maximum atomic E-state index is 12.5. The van der Waals surface area contributed by atoms with Gasteiger partial charge in [-0.2, -0.15) is 0 Å². The number of imide groups is 2. The molecule has 0 saturated carbocycles. The molecule has 2 aliphatic rings. The lowest BCUT2D eigenvalue weighted by Gasteiger charge is -2.26. The maximum Gasteiger partial charge on any atom is 0.237 e. The largest absolute Gasteiger partial charge is 0.457 e. The summed E-state index contributed by atoms with van der Waals surface area (Å²) in [5, 5.41) is 0. The topological polar surface area (TPSA) is 93.2 Å². The van der Waals surface area contributed by atoms with Crippen molar-refractivity contribution in [2.45, 2.75) is 47.0 Å². The summed E-state index contributed by atoms with van der Waals surface area (Å²) in [7, 11) is 0. The van der Waals surface area contributed by atoms with Gasteiger partial charge in [0.05, 0.1) is 11.4 Å². The van der Waals surface area contributed by atoms with Gasteiger partial charge in [-0.15, -0.1) is 0 Å². The van der Waals surface area contributed by atoms with E-state index in [1.807, 2.05) is 48.5 Å². The molecule has 2 saturated heterocycles. The zero-order chi connectivity index (χ0) is 33.6. The Balaban J connectivity index is 1.08. The van der Waals surface area contributed by atoms with Gasteiger partial charge in [0.2, 0.25) is 23.6 Å². The van der Waals surface area contributed by atoms with Crippen LogP contribution in [0.2, 0.25) is 0 Å². The SMILES string of the molecule is CC1C(=O)N(c2ccc(Oc3ccc(C(C)(C)c4ccc(Oc5ccc(N6C(=O)C(C)C(C)C6=O)cc5)cc4)cc3)cc2)C(=O)C1C. The Hall–Kier alpha value is -5.24. The molecule has 2 aliphatic heterocycles. The summed E-state index contributed by atoms with van der Waals surface area (Å²) in [6, 6.07) is 29.8. The summed E-state index contributed by atoms with van der Waals surface area (Å²) in [5.41, 5.74) is 3.01. The second-order valence-corrected chi connectivity index (χ2v) is 13.0. The summed E-state index contributed by atoms with van der Waals surface area (Å²) in [6.07, 6.45) is 0. The van der Waals surface area contributed by atoms with Crippen molar-refractivity contribution in [3.8, 4) is 23.0 Å². The number of benzene rings is 4. The van der Waals surface area contributed by atoms with Crippen LogP contribution in [-0.4, -0.2) is 23.6 Å². The fourth-order valence-corrected chi connectivity index (χ4v) is 6.04. The number of carbonyl (C=O) groups is 4. The number of hydrogen-bond donors (Lipinski definition) is 0. The highest BCUT2D eigenvalue weighted by Gasteiger charge is 2.44. The molecule has 47 heavy (non-hydrogen) atoms. The number of amides is 4. The normalized spacial score (nSPS) is 21.5. The Kier molecular flexibility index (Phi) is 8.22. The van der Waals surface area contributed by atoms with Gasteiger partial charge in [0, 0.05) is 29.1 Å². The van der Waals surface area contributed by atoms with Gasteiger partial charge in [0.25, 0.3) is 0 Å². The van der Waals surface area contributed by atoms with Crippen LogP contribution in [-0.2, 0) is 24.6 Å². The van der Waals surface area contributed by atoms with E-state index in [1.165, 1.54) is 9.80 Å². The molecule has 0 N–H and O–H groups in total. The van der Waals surface area contributed by atoms with Crippen LogP contribution in [0.4, 0.5) is 11.4 Å². The number of anilines is 2. The Morgan fingerprint density at radius 1 is 0.426 bits per heavy atom. The molecule has 4 unspecified atom stereocenters. The third kappa shape index (κ3) is 5.80. The molecule has 2 heterocycles. The van der Waals surface area contributed by atoms with Crippen molar-refractivity contribution in [3.05, 3.63) is 108 Å². The monoisotopic (exact) mass is 630 g/mol. The molecule has 4 amide bonds. The predicted octanol–water partition coefficient (Wildman–Crippen LogP) is 7.89. The number of hydrogen-bond acceptors (Lipinski definition) is 6. The van der Waals surface area contributed by atoms with Crippen LogP contribution < -0.4 is 19.3 Å². The van der Waals surface area contributed by atoms with E-state index in [4.69, 9.17) is 9.47 Å². The number of carbonyl (C=O) groups excluding carboxylic acids is 4. The van der Waals surface area contributed by atoms with Crippen molar-refractivity contribution in [2.75, 3.05) is 9.80 Å². The summed E-state index contributed by atoms with van der Waals surface area (Å²) < 4.78 is 12.1. The van der Waals surface area contributed by atoms with Gasteiger partial charge in [-0.1, -0.05) is 65.8 Å². The third-order valence-electron chi connectivity index (χ3n) is 9.75. The van der Waals surface area contributed by atoms with Gasteiger partial charge in [0.15, 0.2) is 0 Å². The Bertz CT molecular complexity index is 1650. The number of nitrogens with zero attached hydrogens (tertiary/aromatic N) is 2. The van der Waals surface area contributed by atoms with Crippen LogP contribution in [0.5, 0.6) is 23.0 Å². The summed E-state index contributed by atoms with van der Waals surface area (Å²) in [5.74, 6) is 0.538. The molecule has 4 atom stereocenters. The van der Waals surface area contributed by atoms with Crippen molar-refractivity contribution in [3.63, 3.8) is 0 Å². The van der Waals surface area contributed by atoms with Gasteiger partial charge >= 0.3 is 0 Å². The molecule has 4 aromatic carbocycles. The molecule has 8 heteroatoms. The first kappa shape index (κ1) is 31.7. The van der Waals surface area contributed by atoms with Crippen LogP contribution in [0.1, 0.15) is 52.7 Å². The molecule has 0 aliphatic carbocycles. The number of rotatable bonds is 8. The van der Waals surface area contributed by atoms with Crippen molar-refractivity contribution >= 4 is 35.0 Å². The van der Waals surface area contributed by atoms with E-state index in [2.05, 4.69) is 13.8 Å². The molecule has 0 spiro atoms. The lowest BCUT2D eigenvalue weighted by atomic mass is 9.78. The molecule has 0 radical (unpaired) electrons. The molecule has 8 nitrogen and oxygen atoms in total. The van der Waals surface area contributed by atoms with E-state index in [0.29, 0.717) is 34.4 Å². The number of ether oxygens (including phenoxy) is 2. The second kappa shape index (κ2) is 12.2. The van der Waals surface area contributed by atoms with Crippen LogP contribution >= 0.6 is 0 Å². The van der Waals surface area contributed by atoms with Crippen molar-refractivity contribution in [2.24, 2.45) is 23.7 Å². The molecule has 0 bridgehead atoms. The first-order valence-electron chi connectivity index (χ1n) is 15.9. The highest BCUT2D eigenvalue weighted by atomic mass is 16.5. The van der Waals surface area contributed by atoms with Crippen molar-refractivity contribution in [1.82, 2.24) is 0 Å².